The van der Waals surface area contributed by atoms with Gasteiger partial charge in [-0.2, -0.15) is 0 Å². The first kappa shape index (κ1) is 14.1. The van der Waals surface area contributed by atoms with E-state index in [1.165, 1.54) is 0 Å². The Morgan fingerprint density at radius 1 is 1.14 bits per heavy atom. The van der Waals surface area contributed by atoms with Crippen molar-refractivity contribution in [2.75, 3.05) is 5.32 Å². The molecule has 1 heterocycles. The summed E-state index contributed by atoms with van der Waals surface area (Å²) in [5.74, 6) is 0.153. The third-order valence-electron chi connectivity index (χ3n) is 3.42. The van der Waals surface area contributed by atoms with Crippen molar-refractivity contribution in [2.45, 2.75) is 13.8 Å². The van der Waals surface area contributed by atoms with Gasteiger partial charge in [0.1, 0.15) is 5.58 Å². The first-order valence-corrected chi connectivity index (χ1v) is 7.70. The van der Waals surface area contributed by atoms with Gasteiger partial charge < -0.3 is 9.73 Å². The molecular weight excluding hydrogens is 377 g/mol. The third-order valence-corrected chi connectivity index (χ3v) is 4.36. The van der Waals surface area contributed by atoms with E-state index in [9.17, 15) is 4.79 Å². The van der Waals surface area contributed by atoms with Crippen LogP contribution in [0.3, 0.4) is 0 Å². The lowest BCUT2D eigenvalue weighted by atomic mass is 10.1. The summed E-state index contributed by atoms with van der Waals surface area (Å²) in [5.41, 5.74) is 3.55. The minimum absolute atomic E-state index is 0.217. The van der Waals surface area contributed by atoms with Gasteiger partial charge in [0.25, 0.3) is 5.91 Å². The summed E-state index contributed by atoms with van der Waals surface area (Å²) >= 11 is 2.20. The fourth-order valence-corrected chi connectivity index (χ4v) is 2.82. The second kappa shape index (κ2) is 5.52. The molecule has 0 aliphatic rings. The van der Waals surface area contributed by atoms with E-state index < -0.39 is 0 Å². The Balaban J connectivity index is 1.99. The summed E-state index contributed by atoms with van der Waals surface area (Å²) in [6.07, 6.45) is 0. The molecule has 0 bridgehead atoms. The minimum atomic E-state index is -0.217. The molecule has 3 aromatic rings. The highest BCUT2D eigenvalue weighted by Crippen LogP contribution is 2.27. The van der Waals surface area contributed by atoms with Gasteiger partial charge in [0.05, 0.1) is 5.69 Å². The highest BCUT2D eigenvalue weighted by atomic mass is 127. The molecule has 0 aliphatic carbocycles. The van der Waals surface area contributed by atoms with Crippen LogP contribution in [0.5, 0.6) is 0 Å². The fourth-order valence-electron chi connectivity index (χ4n) is 2.29. The molecule has 1 N–H and O–H groups in total. The highest BCUT2D eigenvalue weighted by Gasteiger charge is 2.18. The van der Waals surface area contributed by atoms with Gasteiger partial charge in [-0.25, -0.2) is 0 Å². The predicted molar refractivity (Wildman–Crippen MR) is 92.8 cm³/mol. The number of furan rings is 1. The van der Waals surface area contributed by atoms with Gasteiger partial charge in [0.15, 0.2) is 5.76 Å². The highest BCUT2D eigenvalue weighted by molar-refractivity contribution is 14.1. The Kier molecular flexibility index (Phi) is 3.71. The van der Waals surface area contributed by atoms with Gasteiger partial charge in [-0.1, -0.05) is 23.8 Å². The molecule has 2 aromatic carbocycles. The van der Waals surface area contributed by atoms with Crippen molar-refractivity contribution in [3.63, 3.8) is 0 Å². The molecule has 0 aliphatic heterocycles. The lowest BCUT2D eigenvalue weighted by molar-refractivity contribution is 0.0998. The number of para-hydroxylation sites is 1. The Labute approximate surface area is 136 Å². The van der Waals surface area contributed by atoms with Crippen LogP contribution in [-0.4, -0.2) is 5.91 Å². The van der Waals surface area contributed by atoms with Crippen molar-refractivity contribution >= 4 is 45.2 Å². The average Bonchev–Trinajstić information content (AvgIpc) is 2.79. The average molecular weight is 391 g/mol. The molecular formula is C17H14INO2. The molecule has 0 atom stereocenters. The van der Waals surface area contributed by atoms with E-state index in [2.05, 4.69) is 27.9 Å². The Morgan fingerprint density at radius 2 is 1.90 bits per heavy atom. The number of nitrogens with one attached hydrogen (secondary N) is 1. The van der Waals surface area contributed by atoms with Gasteiger partial charge in [0.2, 0.25) is 0 Å². The standard InChI is InChI=1S/C17H14INO2/c1-10-7-8-15-12(9-10)11(2)16(21-15)17(20)19-14-6-4-3-5-13(14)18/h3-9H,1-2H3,(H,19,20). The monoisotopic (exact) mass is 391 g/mol. The normalized spacial score (nSPS) is 10.8. The maximum Gasteiger partial charge on any atom is 0.291 e. The number of hydrogen-bond acceptors (Lipinski definition) is 2. The van der Waals surface area contributed by atoms with Gasteiger partial charge in [-0.05, 0) is 60.7 Å². The summed E-state index contributed by atoms with van der Waals surface area (Å²) < 4.78 is 6.71. The van der Waals surface area contributed by atoms with Crippen LogP contribution >= 0.6 is 22.6 Å². The van der Waals surface area contributed by atoms with Crippen molar-refractivity contribution < 1.29 is 9.21 Å². The molecule has 0 fully saturated rings. The molecule has 0 radical (unpaired) electrons. The Bertz CT molecular complexity index is 836. The number of amides is 1. The first-order valence-electron chi connectivity index (χ1n) is 6.62. The topological polar surface area (TPSA) is 42.2 Å². The lowest BCUT2D eigenvalue weighted by Gasteiger charge is -2.05. The summed E-state index contributed by atoms with van der Waals surface area (Å²) in [5, 5.41) is 3.89. The van der Waals surface area contributed by atoms with E-state index in [1.807, 2.05) is 56.3 Å². The van der Waals surface area contributed by atoms with E-state index in [1.54, 1.807) is 0 Å². The van der Waals surface area contributed by atoms with Gasteiger partial charge in [0, 0.05) is 14.5 Å². The van der Waals surface area contributed by atoms with Gasteiger partial charge in [-0.15, -0.1) is 0 Å². The van der Waals surface area contributed by atoms with Crippen molar-refractivity contribution in [1.29, 1.82) is 0 Å². The number of carbonyl (C=O) groups is 1. The fraction of sp³-hybridized carbons (Fsp3) is 0.118. The number of carbonyl (C=O) groups excluding carboxylic acids is 1. The molecule has 106 valence electrons. The van der Waals surface area contributed by atoms with Gasteiger partial charge in [-0.3, -0.25) is 4.79 Å². The minimum Gasteiger partial charge on any atom is -0.451 e. The molecule has 4 heteroatoms. The largest absolute Gasteiger partial charge is 0.451 e. The van der Waals surface area contributed by atoms with Crippen LogP contribution in [-0.2, 0) is 0 Å². The zero-order valence-corrected chi connectivity index (χ0v) is 13.9. The second-order valence-corrected chi connectivity index (χ2v) is 6.15. The van der Waals surface area contributed by atoms with Crippen LogP contribution < -0.4 is 5.32 Å². The molecule has 1 amide bonds. The Hall–Kier alpha value is -1.82. The molecule has 0 saturated carbocycles. The predicted octanol–water partition coefficient (Wildman–Crippen LogP) is 4.91. The van der Waals surface area contributed by atoms with E-state index >= 15 is 0 Å². The van der Waals surface area contributed by atoms with Crippen molar-refractivity contribution in [3.8, 4) is 0 Å². The van der Waals surface area contributed by atoms with Crippen LogP contribution in [0, 0.1) is 17.4 Å². The SMILES string of the molecule is Cc1ccc2oc(C(=O)Nc3ccccc3I)c(C)c2c1. The Morgan fingerprint density at radius 3 is 2.67 bits per heavy atom. The summed E-state index contributed by atoms with van der Waals surface area (Å²) in [6, 6.07) is 13.6. The quantitative estimate of drug-likeness (QED) is 0.631. The number of hydrogen-bond donors (Lipinski definition) is 1. The van der Waals surface area contributed by atoms with E-state index in [0.29, 0.717) is 5.76 Å². The maximum absolute atomic E-state index is 12.4. The number of benzene rings is 2. The van der Waals surface area contributed by atoms with E-state index in [-0.39, 0.29) is 5.91 Å². The molecule has 0 saturated heterocycles. The summed E-state index contributed by atoms with van der Waals surface area (Å²) in [4.78, 5) is 12.4. The maximum atomic E-state index is 12.4. The molecule has 0 spiro atoms. The summed E-state index contributed by atoms with van der Waals surface area (Å²) in [7, 11) is 0. The second-order valence-electron chi connectivity index (χ2n) is 4.99. The zero-order valence-electron chi connectivity index (χ0n) is 11.7. The van der Waals surface area contributed by atoms with Crippen molar-refractivity contribution in [2.24, 2.45) is 0 Å². The van der Waals surface area contributed by atoms with Crippen LogP contribution in [0.15, 0.2) is 46.9 Å². The molecule has 21 heavy (non-hydrogen) atoms. The number of anilines is 1. The first-order chi connectivity index (χ1) is 10.1. The number of fused-ring (bicyclic) bond motifs is 1. The summed E-state index contributed by atoms with van der Waals surface area (Å²) in [6.45, 7) is 3.94. The van der Waals surface area contributed by atoms with Crippen LogP contribution in [0.2, 0.25) is 0 Å². The zero-order chi connectivity index (χ0) is 15.0. The number of rotatable bonds is 2. The molecule has 3 rings (SSSR count). The van der Waals surface area contributed by atoms with Crippen LogP contribution in [0.4, 0.5) is 5.69 Å². The van der Waals surface area contributed by atoms with E-state index in [4.69, 9.17) is 4.42 Å². The van der Waals surface area contributed by atoms with Crippen molar-refractivity contribution in [1.82, 2.24) is 0 Å². The molecule has 0 unspecified atom stereocenters. The molecule has 3 nitrogen and oxygen atoms in total. The van der Waals surface area contributed by atoms with Crippen LogP contribution in [0.25, 0.3) is 11.0 Å². The third kappa shape index (κ3) is 2.68. The number of aryl methyl sites for hydroxylation is 2. The number of halogens is 1. The van der Waals surface area contributed by atoms with Crippen molar-refractivity contribution in [3.05, 3.63) is 62.9 Å². The lowest BCUT2D eigenvalue weighted by Crippen LogP contribution is -2.12. The van der Waals surface area contributed by atoms with Crippen LogP contribution in [0.1, 0.15) is 21.7 Å². The smallest absolute Gasteiger partial charge is 0.291 e. The molecule has 1 aromatic heterocycles. The van der Waals surface area contributed by atoms with Gasteiger partial charge >= 0.3 is 0 Å². The van der Waals surface area contributed by atoms with E-state index in [0.717, 1.165) is 31.4 Å².